The Morgan fingerprint density at radius 2 is 1.90 bits per heavy atom. The molecule has 2 N–H and O–H groups in total. The first-order valence-corrected chi connectivity index (χ1v) is 10.4. The quantitative estimate of drug-likeness (QED) is 0.356. The van der Waals surface area contributed by atoms with E-state index in [0.29, 0.717) is 10.7 Å². The third-order valence-electron chi connectivity index (χ3n) is 4.48. The number of carbonyl (C=O) groups is 1. The number of hydrogen-bond donors (Lipinski definition) is 2. The normalized spacial score (nSPS) is 10.6. The molecule has 0 atom stereocenters. The fourth-order valence-electron chi connectivity index (χ4n) is 2.91. The number of nitrogens with one attached hydrogen (secondary N) is 2. The molecule has 0 saturated heterocycles. The highest BCUT2D eigenvalue weighted by atomic mass is 35.5. The third kappa shape index (κ3) is 4.50. The molecule has 0 saturated carbocycles. The van der Waals surface area contributed by atoms with E-state index < -0.39 is 11.7 Å². The number of amides is 1. The summed E-state index contributed by atoms with van der Waals surface area (Å²) in [6.45, 7) is 1.99. The molecule has 0 spiro atoms. The molecule has 0 aliphatic rings. The molecule has 30 heavy (non-hydrogen) atoms. The number of anilines is 3. The van der Waals surface area contributed by atoms with Gasteiger partial charge in [-0.1, -0.05) is 41.9 Å². The van der Waals surface area contributed by atoms with Gasteiger partial charge in [0, 0.05) is 27.3 Å². The summed E-state index contributed by atoms with van der Waals surface area (Å²) >= 11 is 7.55. The summed E-state index contributed by atoms with van der Waals surface area (Å²) in [5.41, 5.74) is 4.13. The van der Waals surface area contributed by atoms with Crippen LogP contribution in [0.25, 0.3) is 11.3 Å². The summed E-state index contributed by atoms with van der Waals surface area (Å²) in [7, 11) is 0. The summed E-state index contributed by atoms with van der Waals surface area (Å²) in [6, 6.07) is 18.8. The lowest BCUT2D eigenvalue weighted by Crippen LogP contribution is -2.13. The third-order valence-corrected chi connectivity index (χ3v) is 5.47. The Balaban J connectivity index is 1.52. The van der Waals surface area contributed by atoms with Crippen molar-refractivity contribution in [3.8, 4) is 11.3 Å². The minimum Gasteiger partial charge on any atom is -0.331 e. The lowest BCUT2D eigenvalue weighted by atomic mass is 10.1. The largest absolute Gasteiger partial charge is 0.331 e. The Hall–Kier alpha value is -3.22. The molecule has 4 nitrogen and oxygen atoms in total. The van der Waals surface area contributed by atoms with Crippen LogP contribution in [0.3, 0.4) is 0 Å². The second-order valence-electron chi connectivity index (χ2n) is 6.64. The topological polar surface area (TPSA) is 54.0 Å². The van der Waals surface area contributed by atoms with Crippen LogP contribution in [0.15, 0.2) is 72.1 Å². The van der Waals surface area contributed by atoms with Gasteiger partial charge in [0.15, 0.2) is 5.13 Å². The van der Waals surface area contributed by atoms with Gasteiger partial charge in [-0.05, 0) is 48.9 Å². The second kappa shape index (κ2) is 8.65. The first kappa shape index (κ1) is 20.1. The minimum absolute atomic E-state index is 0.0000561. The lowest BCUT2D eigenvalue weighted by molar-refractivity contribution is 0.102. The zero-order valence-corrected chi connectivity index (χ0v) is 17.5. The molecule has 0 fully saturated rings. The molecule has 1 amide bonds. The van der Waals surface area contributed by atoms with Crippen molar-refractivity contribution in [2.75, 3.05) is 10.6 Å². The Morgan fingerprint density at radius 3 is 2.73 bits per heavy atom. The maximum atomic E-state index is 13.8. The second-order valence-corrected chi connectivity index (χ2v) is 7.93. The maximum absolute atomic E-state index is 13.8. The highest BCUT2D eigenvalue weighted by molar-refractivity contribution is 7.14. The van der Waals surface area contributed by atoms with Gasteiger partial charge < -0.3 is 10.6 Å². The van der Waals surface area contributed by atoms with Crippen LogP contribution in [0, 0.1) is 12.7 Å². The van der Waals surface area contributed by atoms with E-state index in [1.807, 2.05) is 48.7 Å². The summed E-state index contributed by atoms with van der Waals surface area (Å²) in [4.78, 5) is 17.0. The zero-order valence-electron chi connectivity index (χ0n) is 15.9. The van der Waals surface area contributed by atoms with Crippen molar-refractivity contribution in [3.63, 3.8) is 0 Å². The van der Waals surface area contributed by atoms with Gasteiger partial charge in [0.2, 0.25) is 0 Å². The van der Waals surface area contributed by atoms with Gasteiger partial charge in [-0.2, -0.15) is 0 Å². The van der Waals surface area contributed by atoms with E-state index in [-0.39, 0.29) is 5.56 Å². The predicted octanol–water partition coefficient (Wildman–Crippen LogP) is 6.91. The van der Waals surface area contributed by atoms with Crippen LogP contribution in [0.4, 0.5) is 20.9 Å². The predicted molar refractivity (Wildman–Crippen MR) is 121 cm³/mol. The van der Waals surface area contributed by atoms with Crippen molar-refractivity contribution < 1.29 is 9.18 Å². The summed E-state index contributed by atoms with van der Waals surface area (Å²) < 4.78 is 13.8. The van der Waals surface area contributed by atoms with Gasteiger partial charge in [0.1, 0.15) is 5.82 Å². The van der Waals surface area contributed by atoms with Crippen LogP contribution in [-0.4, -0.2) is 10.9 Å². The van der Waals surface area contributed by atoms with Crippen LogP contribution >= 0.6 is 22.9 Å². The van der Waals surface area contributed by atoms with E-state index in [1.54, 1.807) is 18.2 Å². The number of aryl methyl sites for hydroxylation is 1. The maximum Gasteiger partial charge on any atom is 0.258 e. The highest BCUT2D eigenvalue weighted by Crippen LogP contribution is 2.30. The molecule has 4 rings (SSSR count). The first-order chi connectivity index (χ1) is 14.5. The van der Waals surface area contributed by atoms with Crippen LogP contribution in [0.2, 0.25) is 5.02 Å². The van der Waals surface area contributed by atoms with Crippen molar-refractivity contribution in [2.24, 2.45) is 0 Å². The fraction of sp³-hybridized carbons (Fsp3) is 0.0435. The molecule has 0 aliphatic heterocycles. The number of benzene rings is 3. The molecule has 3 aromatic carbocycles. The van der Waals surface area contributed by atoms with E-state index in [1.165, 1.54) is 23.5 Å². The van der Waals surface area contributed by atoms with Gasteiger partial charge in [0.05, 0.1) is 11.3 Å². The molecule has 4 aromatic rings. The van der Waals surface area contributed by atoms with Gasteiger partial charge in [-0.25, -0.2) is 9.37 Å². The summed E-state index contributed by atoms with van der Waals surface area (Å²) in [5, 5.41) is 9.34. The number of rotatable bonds is 5. The van der Waals surface area contributed by atoms with Crippen LogP contribution in [0.1, 0.15) is 15.9 Å². The Labute approximate surface area is 182 Å². The summed E-state index contributed by atoms with van der Waals surface area (Å²) in [5.74, 6) is -1.06. The number of halogens is 2. The van der Waals surface area contributed by atoms with Crippen molar-refractivity contribution in [2.45, 2.75) is 6.92 Å². The van der Waals surface area contributed by atoms with Crippen molar-refractivity contribution in [1.29, 1.82) is 0 Å². The smallest absolute Gasteiger partial charge is 0.258 e. The SMILES string of the molecule is Cc1ccc(Cl)cc1Nc1nc(-c2cccc(NC(=O)c3ccccc3F)c2)cs1. The molecular weight excluding hydrogens is 421 g/mol. The molecule has 1 aromatic heterocycles. The first-order valence-electron chi connectivity index (χ1n) is 9.14. The molecule has 1 heterocycles. The van der Waals surface area contributed by atoms with E-state index >= 15 is 0 Å². The van der Waals surface area contributed by atoms with E-state index in [4.69, 9.17) is 11.6 Å². The average molecular weight is 438 g/mol. The van der Waals surface area contributed by atoms with Gasteiger partial charge in [-0.15, -0.1) is 11.3 Å². The number of thiazole rings is 1. The van der Waals surface area contributed by atoms with E-state index in [9.17, 15) is 9.18 Å². The average Bonchev–Trinajstić information content (AvgIpc) is 3.20. The van der Waals surface area contributed by atoms with Crippen molar-refractivity contribution >= 4 is 45.4 Å². The Bertz CT molecular complexity index is 1220. The zero-order chi connectivity index (χ0) is 21.1. The van der Waals surface area contributed by atoms with E-state index in [2.05, 4.69) is 15.6 Å². The van der Waals surface area contributed by atoms with Gasteiger partial charge in [0.25, 0.3) is 5.91 Å². The number of hydrogen-bond acceptors (Lipinski definition) is 4. The Kier molecular flexibility index (Phi) is 5.79. The lowest BCUT2D eigenvalue weighted by Gasteiger charge is -2.08. The summed E-state index contributed by atoms with van der Waals surface area (Å²) in [6.07, 6.45) is 0. The fourth-order valence-corrected chi connectivity index (χ4v) is 3.81. The minimum atomic E-state index is -0.558. The molecule has 0 unspecified atom stereocenters. The molecule has 150 valence electrons. The monoisotopic (exact) mass is 437 g/mol. The van der Waals surface area contributed by atoms with Gasteiger partial charge in [-0.3, -0.25) is 4.79 Å². The molecular formula is C23H17ClFN3OS. The van der Waals surface area contributed by atoms with Gasteiger partial charge >= 0.3 is 0 Å². The van der Waals surface area contributed by atoms with Crippen LogP contribution in [-0.2, 0) is 0 Å². The molecule has 0 bridgehead atoms. The number of carbonyl (C=O) groups excluding carboxylic acids is 1. The number of nitrogens with zero attached hydrogens (tertiary/aromatic N) is 1. The molecule has 0 radical (unpaired) electrons. The standard InChI is InChI=1S/C23H17ClFN3OS/c1-14-9-10-16(24)12-20(14)27-23-28-21(13-30-23)15-5-4-6-17(11-15)26-22(29)18-7-2-3-8-19(18)25/h2-13H,1H3,(H,26,29)(H,27,28). The van der Waals surface area contributed by atoms with Crippen molar-refractivity contribution in [1.82, 2.24) is 4.98 Å². The highest BCUT2D eigenvalue weighted by Gasteiger charge is 2.12. The Morgan fingerprint density at radius 1 is 1.07 bits per heavy atom. The van der Waals surface area contributed by atoms with Crippen molar-refractivity contribution in [3.05, 3.63) is 94.1 Å². The molecule has 7 heteroatoms. The van der Waals surface area contributed by atoms with Crippen LogP contribution in [0.5, 0.6) is 0 Å². The van der Waals surface area contributed by atoms with E-state index in [0.717, 1.165) is 27.6 Å². The molecule has 0 aliphatic carbocycles. The number of aromatic nitrogens is 1. The van der Waals surface area contributed by atoms with Crippen LogP contribution < -0.4 is 10.6 Å².